The fourth-order valence-electron chi connectivity index (χ4n) is 2.53. The van der Waals surface area contributed by atoms with E-state index in [0.29, 0.717) is 10.6 Å². The minimum absolute atomic E-state index is 0.190. The van der Waals surface area contributed by atoms with Gasteiger partial charge in [0.05, 0.1) is 17.4 Å². The lowest BCUT2D eigenvalue weighted by molar-refractivity contribution is 0.102. The smallest absolute Gasteiger partial charge is 0.257 e. The van der Waals surface area contributed by atoms with Crippen LogP contribution in [0.2, 0.25) is 5.02 Å². The van der Waals surface area contributed by atoms with Crippen LogP contribution in [-0.4, -0.2) is 10.9 Å². The maximum Gasteiger partial charge on any atom is 0.257 e. The minimum Gasteiger partial charge on any atom is -0.354 e. The fourth-order valence-corrected chi connectivity index (χ4v) is 2.66. The molecule has 1 heterocycles. The molecule has 25 heavy (non-hydrogen) atoms. The van der Waals surface area contributed by atoms with Crippen LogP contribution in [0, 0.1) is 13.8 Å². The third-order valence-electron chi connectivity index (χ3n) is 3.85. The molecule has 0 atom stereocenters. The number of hydrogen-bond donors (Lipinski definition) is 2. The zero-order valence-corrected chi connectivity index (χ0v) is 14.8. The summed E-state index contributed by atoms with van der Waals surface area (Å²) in [5, 5.41) is 6.85. The van der Waals surface area contributed by atoms with E-state index >= 15 is 0 Å². The molecule has 0 aliphatic heterocycles. The van der Waals surface area contributed by atoms with Crippen LogP contribution in [-0.2, 0) is 0 Å². The Balaban J connectivity index is 1.78. The van der Waals surface area contributed by atoms with Crippen molar-refractivity contribution in [2.24, 2.45) is 0 Å². The van der Waals surface area contributed by atoms with Gasteiger partial charge < -0.3 is 10.6 Å². The van der Waals surface area contributed by atoms with Crippen molar-refractivity contribution in [3.8, 4) is 0 Å². The number of anilines is 3. The van der Waals surface area contributed by atoms with Gasteiger partial charge in [0.1, 0.15) is 0 Å². The fraction of sp³-hybridized carbons (Fsp3) is 0.100. The summed E-state index contributed by atoms with van der Waals surface area (Å²) in [4.78, 5) is 16.7. The summed E-state index contributed by atoms with van der Waals surface area (Å²) >= 11 is 5.89. The Bertz CT molecular complexity index is 887. The molecule has 0 bridgehead atoms. The summed E-state index contributed by atoms with van der Waals surface area (Å²) in [7, 11) is 0. The molecule has 1 amide bonds. The van der Waals surface area contributed by atoms with Gasteiger partial charge in [0.25, 0.3) is 5.91 Å². The van der Waals surface area contributed by atoms with Crippen LogP contribution in [0.5, 0.6) is 0 Å². The molecule has 3 aromatic rings. The summed E-state index contributed by atoms with van der Waals surface area (Å²) in [6.45, 7) is 3.94. The molecule has 2 N–H and O–H groups in total. The van der Waals surface area contributed by atoms with E-state index in [1.165, 1.54) is 0 Å². The molecule has 126 valence electrons. The third-order valence-corrected chi connectivity index (χ3v) is 4.10. The number of halogens is 1. The number of carbonyl (C=O) groups excluding carboxylic acids is 1. The van der Waals surface area contributed by atoms with E-state index in [1.807, 2.05) is 44.2 Å². The first-order valence-corrected chi connectivity index (χ1v) is 8.26. The van der Waals surface area contributed by atoms with E-state index in [1.54, 1.807) is 30.6 Å². The SMILES string of the molecule is Cc1cccc(C)c1NC(=O)c1cncc(Nc2ccc(Cl)cc2)c1. The number of aryl methyl sites for hydroxylation is 2. The zero-order chi connectivity index (χ0) is 17.8. The number of para-hydroxylation sites is 1. The Morgan fingerprint density at radius 1 is 0.960 bits per heavy atom. The Kier molecular flexibility index (Phi) is 5.00. The highest BCUT2D eigenvalue weighted by atomic mass is 35.5. The number of benzene rings is 2. The second-order valence-electron chi connectivity index (χ2n) is 5.82. The van der Waals surface area contributed by atoms with Gasteiger partial charge in [-0.25, -0.2) is 0 Å². The van der Waals surface area contributed by atoms with Gasteiger partial charge in [0.15, 0.2) is 0 Å². The van der Waals surface area contributed by atoms with Crippen molar-refractivity contribution in [3.05, 3.63) is 82.6 Å². The van der Waals surface area contributed by atoms with Gasteiger partial charge >= 0.3 is 0 Å². The molecular formula is C20H18ClN3O. The molecule has 1 aromatic heterocycles. The van der Waals surface area contributed by atoms with E-state index in [2.05, 4.69) is 15.6 Å². The molecule has 0 saturated heterocycles. The number of carbonyl (C=O) groups is 1. The number of hydrogen-bond acceptors (Lipinski definition) is 3. The molecule has 0 radical (unpaired) electrons. The first kappa shape index (κ1) is 17.0. The third kappa shape index (κ3) is 4.17. The Labute approximate surface area is 151 Å². The molecule has 5 heteroatoms. The summed E-state index contributed by atoms with van der Waals surface area (Å²) < 4.78 is 0. The maximum atomic E-state index is 12.6. The van der Waals surface area contributed by atoms with Gasteiger partial charge in [0, 0.05) is 22.6 Å². The normalized spacial score (nSPS) is 10.4. The zero-order valence-electron chi connectivity index (χ0n) is 14.0. The van der Waals surface area contributed by atoms with Crippen LogP contribution in [0.25, 0.3) is 0 Å². The van der Waals surface area contributed by atoms with Crippen molar-refractivity contribution in [3.63, 3.8) is 0 Å². The van der Waals surface area contributed by atoms with E-state index in [-0.39, 0.29) is 5.91 Å². The second-order valence-corrected chi connectivity index (χ2v) is 6.25. The lowest BCUT2D eigenvalue weighted by Crippen LogP contribution is -2.14. The molecule has 0 saturated carbocycles. The maximum absolute atomic E-state index is 12.6. The lowest BCUT2D eigenvalue weighted by atomic mass is 10.1. The first-order chi connectivity index (χ1) is 12.0. The quantitative estimate of drug-likeness (QED) is 0.666. The Morgan fingerprint density at radius 3 is 2.32 bits per heavy atom. The van der Waals surface area contributed by atoms with Gasteiger partial charge in [-0.3, -0.25) is 9.78 Å². The summed E-state index contributed by atoms with van der Waals surface area (Å²) in [6.07, 6.45) is 3.22. The van der Waals surface area contributed by atoms with Crippen LogP contribution in [0.15, 0.2) is 60.9 Å². The highest BCUT2D eigenvalue weighted by Gasteiger charge is 2.11. The summed E-state index contributed by atoms with van der Waals surface area (Å²) in [6, 6.07) is 15.0. The molecule has 2 aromatic carbocycles. The van der Waals surface area contributed by atoms with Gasteiger partial charge in [-0.05, 0) is 55.3 Å². The van der Waals surface area contributed by atoms with E-state index < -0.39 is 0 Å². The van der Waals surface area contributed by atoms with Gasteiger partial charge in [-0.1, -0.05) is 29.8 Å². The number of nitrogens with zero attached hydrogens (tertiary/aromatic N) is 1. The largest absolute Gasteiger partial charge is 0.354 e. The van der Waals surface area contributed by atoms with Crippen LogP contribution < -0.4 is 10.6 Å². The average molecular weight is 352 g/mol. The van der Waals surface area contributed by atoms with Crippen molar-refractivity contribution in [1.82, 2.24) is 4.98 Å². The lowest BCUT2D eigenvalue weighted by Gasteiger charge is -2.12. The molecule has 4 nitrogen and oxygen atoms in total. The van der Waals surface area contributed by atoms with Crippen molar-refractivity contribution in [2.75, 3.05) is 10.6 Å². The van der Waals surface area contributed by atoms with Gasteiger partial charge in [0.2, 0.25) is 0 Å². The summed E-state index contributed by atoms with van der Waals surface area (Å²) in [5.74, 6) is -0.190. The van der Waals surface area contributed by atoms with Crippen LogP contribution >= 0.6 is 11.6 Å². The molecular weight excluding hydrogens is 334 g/mol. The van der Waals surface area contributed by atoms with Crippen molar-refractivity contribution in [2.45, 2.75) is 13.8 Å². The number of rotatable bonds is 4. The average Bonchev–Trinajstić information content (AvgIpc) is 2.60. The minimum atomic E-state index is -0.190. The number of amides is 1. The molecule has 0 fully saturated rings. The number of nitrogens with one attached hydrogen (secondary N) is 2. The molecule has 0 spiro atoms. The van der Waals surface area contributed by atoms with Crippen molar-refractivity contribution in [1.29, 1.82) is 0 Å². The first-order valence-electron chi connectivity index (χ1n) is 7.88. The van der Waals surface area contributed by atoms with Gasteiger partial charge in [-0.2, -0.15) is 0 Å². The molecule has 0 aliphatic rings. The molecule has 0 unspecified atom stereocenters. The van der Waals surface area contributed by atoms with Crippen molar-refractivity contribution >= 4 is 34.6 Å². The summed E-state index contributed by atoms with van der Waals surface area (Å²) in [5.41, 5.74) is 4.98. The molecule has 3 rings (SSSR count). The number of aromatic nitrogens is 1. The highest BCUT2D eigenvalue weighted by molar-refractivity contribution is 6.30. The number of pyridine rings is 1. The standard InChI is InChI=1S/C20H18ClN3O/c1-13-4-3-5-14(2)19(13)24-20(25)15-10-18(12-22-11-15)23-17-8-6-16(21)7-9-17/h3-12,23H,1-2H3,(H,24,25). The van der Waals surface area contributed by atoms with Crippen LogP contribution in [0.1, 0.15) is 21.5 Å². The Hall–Kier alpha value is -2.85. The Morgan fingerprint density at radius 2 is 1.64 bits per heavy atom. The van der Waals surface area contributed by atoms with E-state index in [9.17, 15) is 4.79 Å². The van der Waals surface area contributed by atoms with E-state index in [4.69, 9.17) is 11.6 Å². The topological polar surface area (TPSA) is 54.0 Å². The van der Waals surface area contributed by atoms with Crippen molar-refractivity contribution < 1.29 is 4.79 Å². The monoisotopic (exact) mass is 351 g/mol. The molecule has 0 aliphatic carbocycles. The predicted molar refractivity (Wildman–Crippen MR) is 103 cm³/mol. The van der Waals surface area contributed by atoms with Gasteiger partial charge in [-0.15, -0.1) is 0 Å². The van der Waals surface area contributed by atoms with Crippen LogP contribution in [0.3, 0.4) is 0 Å². The predicted octanol–water partition coefficient (Wildman–Crippen LogP) is 5.35. The van der Waals surface area contributed by atoms with Crippen LogP contribution in [0.4, 0.5) is 17.1 Å². The second kappa shape index (κ2) is 7.36. The van der Waals surface area contributed by atoms with E-state index in [0.717, 1.165) is 28.2 Å². The highest BCUT2D eigenvalue weighted by Crippen LogP contribution is 2.22.